The minimum atomic E-state index is 0.323. The van der Waals surface area contributed by atoms with Crippen molar-refractivity contribution in [3.05, 3.63) is 23.4 Å². The Kier molecular flexibility index (Phi) is 4.02. The van der Waals surface area contributed by atoms with Gasteiger partial charge >= 0.3 is 0 Å². The van der Waals surface area contributed by atoms with Gasteiger partial charge in [0.25, 0.3) is 0 Å². The van der Waals surface area contributed by atoms with Gasteiger partial charge in [-0.25, -0.2) is 4.98 Å². The molecule has 2 rings (SSSR count). The Balaban J connectivity index is 1.89. The third-order valence-electron chi connectivity index (χ3n) is 3.26. The van der Waals surface area contributed by atoms with E-state index in [-0.39, 0.29) is 0 Å². The first kappa shape index (κ1) is 11.7. The maximum atomic E-state index is 6.09. The Labute approximate surface area is 101 Å². The second kappa shape index (κ2) is 5.51. The summed E-state index contributed by atoms with van der Waals surface area (Å²) in [6.07, 6.45) is 6.65. The lowest BCUT2D eigenvalue weighted by Crippen LogP contribution is -2.37. The molecule has 1 heterocycles. The molecule has 16 heavy (non-hydrogen) atoms. The molecule has 2 atom stereocenters. The first-order valence-corrected chi connectivity index (χ1v) is 6.25. The summed E-state index contributed by atoms with van der Waals surface area (Å²) in [5, 5.41) is 3.96. The maximum absolute atomic E-state index is 6.09. The summed E-state index contributed by atoms with van der Waals surface area (Å²) in [5.74, 6) is 1.31. The molecule has 0 amide bonds. The first-order chi connectivity index (χ1) is 7.77. The Morgan fingerprint density at radius 1 is 1.44 bits per heavy atom. The lowest BCUT2D eigenvalue weighted by atomic mass is 9.85. The molecule has 1 aromatic rings. The van der Waals surface area contributed by atoms with Crippen LogP contribution in [0.4, 0.5) is 5.82 Å². The molecular weight excluding hydrogens is 222 g/mol. The van der Waals surface area contributed by atoms with Crippen LogP contribution in [0.15, 0.2) is 18.3 Å². The van der Waals surface area contributed by atoms with Crippen molar-refractivity contribution >= 4 is 17.4 Å². The van der Waals surface area contributed by atoms with Gasteiger partial charge in [0.05, 0.1) is 5.02 Å². The number of nitrogens with zero attached hydrogens (tertiary/aromatic N) is 1. The normalized spacial score (nSPS) is 25.4. The molecule has 0 aromatic carbocycles. The molecule has 0 radical (unpaired) electrons. The second-order valence-electron chi connectivity index (χ2n) is 4.42. The highest BCUT2D eigenvalue weighted by molar-refractivity contribution is 6.32. The monoisotopic (exact) mass is 239 g/mol. The van der Waals surface area contributed by atoms with Crippen molar-refractivity contribution in [3.8, 4) is 0 Å². The van der Waals surface area contributed by atoms with Crippen LogP contribution in [0.1, 0.15) is 25.7 Å². The molecule has 1 aliphatic carbocycles. The van der Waals surface area contributed by atoms with Gasteiger partial charge in [0.1, 0.15) is 5.82 Å². The smallest absolute Gasteiger partial charge is 0.144 e. The Morgan fingerprint density at radius 3 is 3.00 bits per heavy atom. The van der Waals surface area contributed by atoms with Crippen LogP contribution in [-0.4, -0.2) is 17.6 Å². The van der Waals surface area contributed by atoms with E-state index in [2.05, 4.69) is 10.3 Å². The summed E-state index contributed by atoms with van der Waals surface area (Å²) >= 11 is 6.02. The van der Waals surface area contributed by atoms with Gasteiger partial charge in [0, 0.05) is 18.8 Å². The van der Waals surface area contributed by atoms with Gasteiger partial charge in [-0.3, -0.25) is 0 Å². The zero-order valence-electron chi connectivity index (χ0n) is 9.32. The zero-order chi connectivity index (χ0) is 11.4. The molecule has 0 bridgehead atoms. The third kappa shape index (κ3) is 2.86. The number of halogens is 1. The first-order valence-electron chi connectivity index (χ1n) is 5.87. The summed E-state index contributed by atoms with van der Waals surface area (Å²) in [4.78, 5) is 4.20. The molecule has 1 fully saturated rings. The van der Waals surface area contributed by atoms with Crippen LogP contribution in [0.5, 0.6) is 0 Å². The van der Waals surface area contributed by atoms with E-state index in [1.54, 1.807) is 6.20 Å². The molecule has 1 saturated carbocycles. The number of hydrogen-bond donors (Lipinski definition) is 2. The van der Waals surface area contributed by atoms with Crippen molar-refractivity contribution in [2.45, 2.75) is 31.7 Å². The lowest BCUT2D eigenvalue weighted by molar-refractivity contribution is 0.321. The van der Waals surface area contributed by atoms with Gasteiger partial charge in [-0.2, -0.15) is 0 Å². The van der Waals surface area contributed by atoms with E-state index >= 15 is 0 Å². The van der Waals surface area contributed by atoms with Crippen LogP contribution < -0.4 is 11.1 Å². The van der Waals surface area contributed by atoms with E-state index < -0.39 is 0 Å². The molecule has 2 unspecified atom stereocenters. The fourth-order valence-electron chi connectivity index (χ4n) is 2.23. The molecule has 1 aromatic heterocycles. The van der Waals surface area contributed by atoms with Crippen molar-refractivity contribution in [3.63, 3.8) is 0 Å². The quantitative estimate of drug-likeness (QED) is 0.853. The van der Waals surface area contributed by atoms with E-state index in [4.69, 9.17) is 17.3 Å². The van der Waals surface area contributed by atoms with Crippen LogP contribution in [0.3, 0.4) is 0 Å². The molecule has 3 nitrogen and oxygen atoms in total. The number of rotatable bonds is 3. The fourth-order valence-corrected chi connectivity index (χ4v) is 2.42. The summed E-state index contributed by atoms with van der Waals surface area (Å²) in [6.45, 7) is 0.873. The van der Waals surface area contributed by atoms with Crippen LogP contribution in [0, 0.1) is 5.92 Å². The van der Waals surface area contributed by atoms with Crippen LogP contribution in [0.25, 0.3) is 0 Å². The van der Waals surface area contributed by atoms with Crippen LogP contribution in [-0.2, 0) is 0 Å². The fraction of sp³-hybridized carbons (Fsp3) is 0.583. The third-order valence-corrected chi connectivity index (χ3v) is 3.56. The van der Waals surface area contributed by atoms with Crippen LogP contribution in [0.2, 0.25) is 5.02 Å². The average Bonchev–Trinajstić information content (AvgIpc) is 2.30. The predicted molar refractivity (Wildman–Crippen MR) is 67.7 cm³/mol. The van der Waals surface area contributed by atoms with Gasteiger partial charge < -0.3 is 11.1 Å². The largest absolute Gasteiger partial charge is 0.369 e. The summed E-state index contributed by atoms with van der Waals surface area (Å²) in [7, 11) is 0. The van der Waals surface area contributed by atoms with Gasteiger partial charge in [0.15, 0.2) is 0 Å². The highest BCUT2D eigenvalue weighted by Crippen LogP contribution is 2.24. The minimum absolute atomic E-state index is 0.323. The molecule has 0 aliphatic heterocycles. The number of pyridine rings is 1. The molecule has 3 N–H and O–H groups in total. The Morgan fingerprint density at radius 2 is 2.25 bits per heavy atom. The molecule has 4 heteroatoms. The SMILES string of the molecule is NC1CCCCC1CNc1ncccc1Cl. The van der Waals surface area contributed by atoms with Crippen molar-refractivity contribution < 1.29 is 0 Å². The molecular formula is C12H18ClN3. The molecule has 1 aliphatic rings. The summed E-state index contributed by atoms with van der Waals surface area (Å²) in [5.41, 5.74) is 6.09. The number of aromatic nitrogens is 1. The van der Waals surface area contributed by atoms with Crippen molar-refractivity contribution in [1.82, 2.24) is 4.98 Å². The minimum Gasteiger partial charge on any atom is -0.369 e. The van der Waals surface area contributed by atoms with E-state index in [1.165, 1.54) is 19.3 Å². The standard InChI is InChI=1S/C12H18ClN3/c13-10-5-3-7-15-12(10)16-8-9-4-1-2-6-11(9)14/h3,5,7,9,11H,1-2,4,6,8,14H2,(H,15,16). The van der Waals surface area contributed by atoms with Crippen molar-refractivity contribution in [1.29, 1.82) is 0 Å². The van der Waals surface area contributed by atoms with Gasteiger partial charge in [-0.05, 0) is 30.9 Å². The van der Waals surface area contributed by atoms with Crippen molar-refractivity contribution in [2.75, 3.05) is 11.9 Å². The van der Waals surface area contributed by atoms with Gasteiger partial charge in [-0.1, -0.05) is 24.4 Å². The number of hydrogen-bond acceptors (Lipinski definition) is 3. The van der Waals surface area contributed by atoms with Crippen molar-refractivity contribution in [2.24, 2.45) is 11.7 Å². The van der Waals surface area contributed by atoms with Gasteiger partial charge in [0.2, 0.25) is 0 Å². The Bertz CT molecular complexity index is 343. The van der Waals surface area contributed by atoms with Gasteiger partial charge in [-0.15, -0.1) is 0 Å². The number of nitrogens with two attached hydrogens (primary N) is 1. The highest BCUT2D eigenvalue weighted by atomic mass is 35.5. The Hall–Kier alpha value is -0.800. The van der Waals surface area contributed by atoms with E-state index in [0.29, 0.717) is 17.0 Å². The summed E-state index contributed by atoms with van der Waals surface area (Å²) < 4.78 is 0. The van der Waals surface area contributed by atoms with E-state index in [0.717, 1.165) is 18.8 Å². The second-order valence-corrected chi connectivity index (χ2v) is 4.83. The highest BCUT2D eigenvalue weighted by Gasteiger charge is 2.21. The topological polar surface area (TPSA) is 50.9 Å². The maximum Gasteiger partial charge on any atom is 0.144 e. The average molecular weight is 240 g/mol. The molecule has 0 saturated heterocycles. The molecule has 88 valence electrons. The predicted octanol–water partition coefficient (Wildman–Crippen LogP) is 2.66. The lowest BCUT2D eigenvalue weighted by Gasteiger charge is -2.28. The van der Waals surface area contributed by atoms with E-state index in [1.807, 2.05) is 12.1 Å². The van der Waals surface area contributed by atoms with Crippen LogP contribution >= 0.6 is 11.6 Å². The molecule has 0 spiro atoms. The zero-order valence-corrected chi connectivity index (χ0v) is 10.1. The number of nitrogens with one attached hydrogen (secondary N) is 1. The van der Waals surface area contributed by atoms with E-state index in [9.17, 15) is 0 Å². The number of anilines is 1. The summed E-state index contributed by atoms with van der Waals surface area (Å²) in [6, 6.07) is 4.00.